The zero-order valence-electron chi connectivity index (χ0n) is 18.4. The number of rotatable bonds is 4. The minimum Gasteiger partial charge on any atom is -0.496 e. The van der Waals surface area contributed by atoms with Crippen LogP contribution in [0.5, 0.6) is 5.75 Å². The van der Waals surface area contributed by atoms with Gasteiger partial charge in [0.2, 0.25) is 5.91 Å². The van der Waals surface area contributed by atoms with Crippen LogP contribution in [0.15, 0.2) is 24.3 Å². The Morgan fingerprint density at radius 3 is 2.43 bits per heavy atom. The van der Waals surface area contributed by atoms with Gasteiger partial charge in [0.25, 0.3) is 0 Å². The van der Waals surface area contributed by atoms with Crippen LogP contribution in [0.3, 0.4) is 0 Å². The molecule has 0 spiro atoms. The van der Waals surface area contributed by atoms with E-state index in [4.69, 9.17) is 14.2 Å². The summed E-state index contributed by atoms with van der Waals surface area (Å²) in [6.07, 6.45) is -0.332. The molecule has 166 valence electrons. The van der Waals surface area contributed by atoms with Gasteiger partial charge in [-0.3, -0.25) is 9.69 Å². The Bertz CT molecular complexity index is 743. The number of carbonyl (C=O) groups excluding carboxylic acids is 2. The van der Waals surface area contributed by atoms with E-state index in [0.29, 0.717) is 52.5 Å². The molecule has 30 heavy (non-hydrogen) atoms. The van der Waals surface area contributed by atoms with E-state index in [1.807, 2.05) is 49.9 Å². The molecule has 8 nitrogen and oxygen atoms in total. The molecule has 0 aliphatic carbocycles. The highest BCUT2D eigenvalue weighted by atomic mass is 16.6. The summed E-state index contributed by atoms with van der Waals surface area (Å²) in [6.45, 7) is 9.80. The van der Waals surface area contributed by atoms with E-state index in [0.717, 1.165) is 11.3 Å². The summed E-state index contributed by atoms with van der Waals surface area (Å²) >= 11 is 0. The first kappa shape index (κ1) is 22.4. The standard InChI is InChI=1S/C22H33N3O5/c1-22(2,3)30-21(27)25-10-9-24(16-20(26)23-11-13-29-14-12-23)18(15-25)17-7-5-6-8-19(17)28-4/h5-8,18H,9-16H2,1-4H3/t18-/m0/s1. The molecule has 0 radical (unpaired) electrons. The van der Waals surface area contributed by atoms with Crippen LogP contribution in [-0.4, -0.2) is 91.9 Å². The SMILES string of the molecule is COc1ccccc1[C@@H]1CN(C(=O)OC(C)(C)C)CCN1CC(=O)N1CCOCC1. The molecule has 1 atom stereocenters. The van der Waals surface area contributed by atoms with Gasteiger partial charge in [0.15, 0.2) is 0 Å². The van der Waals surface area contributed by atoms with Crippen molar-refractivity contribution in [1.82, 2.24) is 14.7 Å². The van der Waals surface area contributed by atoms with Crippen molar-refractivity contribution in [3.8, 4) is 5.75 Å². The molecule has 2 heterocycles. The number of hydrogen-bond acceptors (Lipinski definition) is 6. The molecule has 0 bridgehead atoms. The molecule has 0 aromatic heterocycles. The summed E-state index contributed by atoms with van der Waals surface area (Å²) in [5, 5.41) is 0. The van der Waals surface area contributed by atoms with E-state index in [1.165, 1.54) is 0 Å². The fourth-order valence-corrected chi connectivity index (χ4v) is 3.83. The maximum atomic E-state index is 12.9. The molecule has 3 rings (SSSR count). The Kier molecular flexibility index (Phi) is 7.20. The molecule has 2 aliphatic heterocycles. The molecule has 0 saturated carbocycles. The lowest BCUT2D eigenvalue weighted by atomic mass is 10.0. The van der Waals surface area contributed by atoms with Gasteiger partial charge in [-0.15, -0.1) is 0 Å². The van der Waals surface area contributed by atoms with E-state index < -0.39 is 5.60 Å². The molecule has 0 N–H and O–H groups in total. The average Bonchev–Trinajstić information content (AvgIpc) is 2.73. The van der Waals surface area contributed by atoms with E-state index in [2.05, 4.69) is 4.90 Å². The van der Waals surface area contributed by atoms with Crippen LogP contribution < -0.4 is 4.74 Å². The second-order valence-electron chi connectivity index (χ2n) is 8.65. The summed E-state index contributed by atoms with van der Waals surface area (Å²) in [4.78, 5) is 31.3. The summed E-state index contributed by atoms with van der Waals surface area (Å²) < 4.78 is 16.5. The summed E-state index contributed by atoms with van der Waals surface area (Å²) in [5.41, 5.74) is 0.406. The molecule has 1 aromatic carbocycles. The summed E-state index contributed by atoms with van der Waals surface area (Å²) in [7, 11) is 1.64. The monoisotopic (exact) mass is 419 g/mol. The normalized spacial score (nSPS) is 20.7. The van der Waals surface area contributed by atoms with Crippen molar-refractivity contribution in [3.05, 3.63) is 29.8 Å². The van der Waals surface area contributed by atoms with Gasteiger partial charge in [-0.2, -0.15) is 0 Å². The zero-order chi connectivity index (χ0) is 21.7. The van der Waals surface area contributed by atoms with Crippen LogP contribution in [0.25, 0.3) is 0 Å². The van der Waals surface area contributed by atoms with Gasteiger partial charge >= 0.3 is 6.09 Å². The molecule has 0 unspecified atom stereocenters. The van der Waals surface area contributed by atoms with Gasteiger partial charge in [-0.1, -0.05) is 18.2 Å². The van der Waals surface area contributed by atoms with Gasteiger partial charge in [-0.05, 0) is 26.8 Å². The Morgan fingerprint density at radius 1 is 1.07 bits per heavy atom. The number of piperazine rings is 1. The van der Waals surface area contributed by atoms with E-state index >= 15 is 0 Å². The van der Waals surface area contributed by atoms with Crippen molar-refractivity contribution >= 4 is 12.0 Å². The van der Waals surface area contributed by atoms with Gasteiger partial charge in [0.1, 0.15) is 11.4 Å². The molecular weight excluding hydrogens is 386 g/mol. The Labute approximate surface area is 178 Å². The summed E-state index contributed by atoms with van der Waals surface area (Å²) in [5.74, 6) is 0.835. The summed E-state index contributed by atoms with van der Waals surface area (Å²) in [6, 6.07) is 7.61. The third-order valence-corrected chi connectivity index (χ3v) is 5.34. The predicted molar refractivity (Wildman–Crippen MR) is 113 cm³/mol. The molecule has 8 heteroatoms. The fourth-order valence-electron chi connectivity index (χ4n) is 3.83. The number of nitrogens with zero attached hydrogens (tertiary/aromatic N) is 3. The van der Waals surface area contributed by atoms with E-state index in [9.17, 15) is 9.59 Å². The van der Waals surface area contributed by atoms with Gasteiger partial charge in [0.05, 0.1) is 32.9 Å². The minimum absolute atomic E-state index is 0.0870. The third kappa shape index (κ3) is 5.64. The molecule has 2 aliphatic rings. The highest BCUT2D eigenvalue weighted by Gasteiger charge is 2.35. The Hall–Kier alpha value is -2.32. The van der Waals surface area contributed by atoms with Crippen molar-refractivity contribution in [3.63, 3.8) is 0 Å². The number of amides is 2. The minimum atomic E-state index is -0.555. The predicted octanol–water partition coefficient (Wildman–Crippen LogP) is 2.15. The van der Waals surface area contributed by atoms with Crippen LogP contribution in [0, 0.1) is 0 Å². The van der Waals surface area contributed by atoms with Crippen LogP contribution in [0.4, 0.5) is 4.79 Å². The topological polar surface area (TPSA) is 71.5 Å². The van der Waals surface area contributed by atoms with Gasteiger partial charge in [-0.25, -0.2) is 4.79 Å². The first-order valence-corrected chi connectivity index (χ1v) is 10.5. The fraction of sp³-hybridized carbons (Fsp3) is 0.636. The first-order valence-electron chi connectivity index (χ1n) is 10.5. The average molecular weight is 420 g/mol. The third-order valence-electron chi connectivity index (χ3n) is 5.34. The van der Waals surface area contributed by atoms with Crippen LogP contribution in [0.1, 0.15) is 32.4 Å². The van der Waals surface area contributed by atoms with Crippen molar-refractivity contribution in [1.29, 1.82) is 0 Å². The molecule has 2 saturated heterocycles. The smallest absolute Gasteiger partial charge is 0.410 e. The molecule has 2 amide bonds. The van der Waals surface area contributed by atoms with E-state index in [1.54, 1.807) is 12.0 Å². The lowest BCUT2D eigenvalue weighted by Crippen LogP contribution is -2.54. The number of methoxy groups -OCH3 is 1. The number of ether oxygens (including phenoxy) is 3. The largest absolute Gasteiger partial charge is 0.496 e. The van der Waals surface area contributed by atoms with Gasteiger partial charge in [0, 0.05) is 38.3 Å². The number of morpholine rings is 1. The van der Waals surface area contributed by atoms with Gasteiger partial charge < -0.3 is 24.0 Å². The van der Waals surface area contributed by atoms with Crippen molar-refractivity contribution in [2.24, 2.45) is 0 Å². The maximum Gasteiger partial charge on any atom is 0.410 e. The van der Waals surface area contributed by atoms with Crippen molar-refractivity contribution in [2.45, 2.75) is 32.4 Å². The molecule has 2 fully saturated rings. The number of carbonyl (C=O) groups is 2. The Morgan fingerprint density at radius 2 is 1.77 bits per heavy atom. The number of benzene rings is 1. The van der Waals surface area contributed by atoms with Crippen LogP contribution >= 0.6 is 0 Å². The maximum absolute atomic E-state index is 12.9. The molecular formula is C22H33N3O5. The second kappa shape index (κ2) is 9.66. The van der Waals surface area contributed by atoms with Crippen molar-refractivity contribution in [2.75, 3.05) is 59.6 Å². The second-order valence-corrected chi connectivity index (χ2v) is 8.65. The first-order chi connectivity index (χ1) is 14.3. The zero-order valence-corrected chi connectivity index (χ0v) is 18.4. The highest BCUT2D eigenvalue weighted by molar-refractivity contribution is 5.78. The lowest BCUT2D eigenvalue weighted by Gasteiger charge is -2.42. The Balaban J connectivity index is 1.79. The number of hydrogen-bond donors (Lipinski definition) is 0. The van der Waals surface area contributed by atoms with Crippen LogP contribution in [-0.2, 0) is 14.3 Å². The lowest BCUT2D eigenvalue weighted by molar-refractivity contribution is -0.137. The van der Waals surface area contributed by atoms with E-state index in [-0.39, 0.29) is 18.0 Å². The quantitative estimate of drug-likeness (QED) is 0.745. The van der Waals surface area contributed by atoms with Crippen molar-refractivity contribution < 1.29 is 23.8 Å². The highest BCUT2D eigenvalue weighted by Crippen LogP contribution is 2.32. The van der Waals surface area contributed by atoms with Crippen LogP contribution in [0.2, 0.25) is 0 Å². The number of para-hydroxylation sites is 1. The molecule has 1 aromatic rings.